The van der Waals surface area contributed by atoms with E-state index in [9.17, 15) is 0 Å². The Labute approximate surface area is 124 Å². The molecule has 1 aromatic carbocycles. The van der Waals surface area contributed by atoms with Crippen molar-refractivity contribution < 1.29 is 9.47 Å². The number of ether oxygens (including phenoxy) is 2. The highest BCUT2D eigenvalue weighted by Gasteiger charge is 2.16. The zero-order valence-corrected chi connectivity index (χ0v) is 12.1. The Morgan fingerprint density at radius 2 is 1.95 bits per heavy atom. The molecule has 1 aromatic heterocycles. The van der Waals surface area contributed by atoms with Crippen molar-refractivity contribution in [2.24, 2.45) is 0 Å². The largest absolute Gasteiger partial charge is 0.494 e. The van der Waals surface area contributed by atoms with Gasteiger partial charge in [-0.25, -0.2) is 9.97 Å². The lowest BCUT2D eigenvalue weighted by Gasteiger charge is -2.18. The monoisotopic (exact) mass is 285 g/mol. The maximum Gasteiger partial charge on any atom is 0.227 e. The molecular weight excluding hydrogens is 266 g/mol. The van der Waals surface area contributed by atoms with Gasteiger partial charge in [0.15, 0.2) is 0 Å². The Hall–Kier alpha value is -2.14. The number of benzene rings is 1. The van der Waals surface area contributed by atoms with Gasteiger partial charge < -0.3 is 14.8 Å². The molecule has 1 aliphatic heterocycles. The Bertz CT molecular complexity index is 599. The summed E-state index contributed by atoms with van der Waals surface area (Å²) in [5.74, 6) is 2.25. The van der Waals surface area contributed by atoms with Crippen LogP contribution in [0.25, 0.3) is 0 Å². The predicted molar refractivity (Wildman–Crippen MR) is 79.7 cm³/mol. The summed E-state index contributed by atoms with van der Waals surface area (Å²) in [6.07, 6.45) is 3.48. The molecule has 1 aliphatic rings. The van der Waals surface area contributed by atoms with Gasteiger partial charge in [0, 0.05) is 19.5 Å². The van der Waals surface area contributed by atoms with Gasteiger partial charge in [0.05, 0.1) is 17.9 Å². The maximum absolute atomic E-state index is 5.89. The van der Waals surface area contributed by atoms with Gasteiger partial charge in [-0.2, -0.15) is 0 Å². The van der Waals surface area contributed by atoms with E-state index in [4.69, 9.17) is 9.47 Å². The molecule has 3 rings (SSSR count). The van der Waals surface area contributed by atoms with Gasteiger partial charge in [-0.3, -0.25) is 0 Å². The molecule has 0 saturated heterocycles. The van der Waals surface area contributed by atoms with Crippen molar-refractivity contribution in [3.63, 3.8) is 0 Å². The van der Waals surface area contributed by atoms with Crippen molar-refractivity contribution in [3.8, 4) is 17.4 Å². The molecule has 21 heavy (non-hydrogen) atoms. The van der Waals surface area contributed by atoms with Crippen LogP contribution in [0.3, 0.4) is 0 Å². The third-order valence-corrected chi connectivity index (χ3v) is 3.35. The molecule has 0 unspecified atom stereocenters. The molecule has 5 nitrogen and oxygen atoms in total. The third kappa shape index (κ3) is 3.31. The molecule has 0 bridgehead atoms. The Kier molecular flexibility index (Phi) is 4.31. The fourth-order valence-electron chi connectivity index (χ4n) is 2.27. The van der Waals surface area contributed by atoms with Crippen molar-refractivity contribution in [2.75, 3.05) is 13.2 Å². The predicted octanol–water partition coefficient (Wildman–Crippen LogP) is 2.70. The molecule has 0 fully saturated rings. The van der Waals surface area contributed by atoms with E-state index in [0.29, 0.717) is 5.88 Å². The fourth-order valence-corrected chi connectivity index (χ4v) is 2.27. The summed E-state index contributed by atoms with van der Waals surface area (Å²) in [4.78, 5) is 8.57. The molecule has 1 N–H and O–H groups in total. The molecule has 110 valence electrons. The number of rotatable bonds is 5. The van der Waals surface area contributed by atoms with Gasteiger partial charge >= 0.3 is 0 Å². The van der Waals surface area contributed by atoms with Crippen molar-refractivity contribution >= 4 is 0 Å². The lowest BCUT2D eigenvalue weighted by atomic mass is 10.1. The zero-order valence-electron chi connectivity index (χ0n) is 12.1. The van der Waals surface area contributed by atoms with Crippen LogP contribution in [0.5, 0.6) is 17.4 Å². The number of hydrogen-bond acceptors (Lipinski definition) is 5. The second-order valence-corrected chi connectivity index (χ2v) is 4.95. The molecular formula is C16H19N3O2. The van der Waals surface area contributed by atoms with Crippen LogP contribution in [0, 0.1) is 0 Å². The molecule has 5 heteroatoms. The number of nitrogens with one attached hydrogen (secondary N) is 1. The second kappa shape index (κ2) is 6.54. The smallest absolute Gasteiger partial charge is 0.227 e. The molecule has 0 amide bonds. The van der Waals surface area contributed by atoms with Crippen LogP contribution in [-0.4, -0.2) is 23.1 Å². The van der Waals surface area contributed by atoms with E-state index < -0.39 is 0 Å². The molecule has 0 spiro atoms. The highest BCUT2D eigenvalue weighted by Crippen LogP contribution is 2.27. The normalized spacial score (nSPS) is 13.6. The van der Waals surface area contributed by atoms with Gasteiger partial charge in [0.2, 0.25) is 5.88 Å². The first-order valence-corrected chi connectivity index (χ1v) is 7.31. The van der Waals surface area contributed by atoms with Crippen LogP contribution in [-0.2, 0) is 13.0 Å². The Balaban J connectivity index is 1.74. The van der Waals surface area contributed by atoms with E-state index in [1.54, 1.807) is 6.33 Å². The summed E-state index contributed by atoms with van der Waals surface area (Å²) in [5, 5.41) is 3.32. The summed E-state index contributed by atoms with van der Waals surface area (Å²) in [6, 6.07) is 7.62. The third-order valence-electron chi connectivity index (χ3n) is 3.35. The van der Waals surface area contributed by atoms with Gasteiger partial charge in [-0.15, -0.1) is 0 Å². The van der Waals surface area contributed by atoms with E-state index in [-0.39, 0.29) is 0 Å². The molecule has 0 atom stereocenters. The quantitative estimate of drug-likeness (QED) is 0.915. The SMILES string of the molecule is CCCOc1ccc(Oc2ncnc3c2CNCC3)cc1. The summed E-state index contributed by atoms with van der Waals surface area (Å²) < 4.78 is 11.4. The summed E-state index contributed by atoms with van der Waals surface area (Å²) >= 11 is 0. The van der Waals surface area contributed by atoms with Gasteiger partial charge in [0.25, 0.3) is 0 Å². The molecule has 2 aromatic rings. The number of aromatic nitrogens is 2. The van der Waals surface area contributed by atoms with Crippen LogP contribution < -0.4 is 14.8 Å². The van der Waals surface area contributed by atoms with Crippen LogP contribution in [0.4, 0.5) is 0 Å². The topological polar surface area (TPSA) is 56.3 Å². The van der Waals surface area contributed by atoms with Gasteiger partial charge in [-0.05, 0) is 30.7 Å². The van der Waals surface area contributed by atoms with E-state index in [0.717, 1.165) is 55.3 Å². The summed E-state index contributed by atoms with van der Waals surface area (Å²) in [6.45, 7) is 4.52. The number of nitrogens with zero attached hydrogens (tertiary/aromatic N) is 2. The molecule has 0 saturated carbocycles. The van der Waals surface area contributed by atoms with Crippen molar-refractivity contribution in [3.05, 3.63) is 41.9 Å². The average Bonchev–Trinajstić information content (AvgIpc) is 2.55. The Morgan fingerprint density at radius 1 is 1.14 bits per heavy atom. The number of hydrogen-bond donors (Lipinski definition) is 1. The molecule has 0 radical (unpaired) electrons. The van der Waals surface area contributed by atoms with E-state index in [1.165, 1.54) is 0 Å². The highest BCUT2D eigenvalue weighted by molar-refractivity contribution is 5.37. The summed E-state index contributed by atoms with van der Waals surface area (Å²) in [7, 11) is 0. The van der Waals surface area contributed by atoms with Crippen LogP contribution in [0.2, 0.25) is 0 Å². The van der Waals surface area contributed by atoms with Crippen LogP contribution >= 0.6 is 0 Å². The Morgan fingerprint density at radius 3 is 2.76 bits per heavy atom. The molecule has 0 aliphatic carbocycles. The number of fused-ring (bicyclic) bond motifs is 1. The van der Waals surface area contributed by atoms with Crippen LogP contribution in [0.15, 0.2) is 30.6 Å². The van der Waals surface area contributed by atoms with Gasteiger partial charge in [-0.1, -0.05) is 6.92 Å². The van der Waals surface area contributed by atoms with Crippen molar-refractivity contribution in [1.82, 2.24) is 15.3 Å². The first-order valence-electron chi connectivity index (χ1n) is 7.31. The average molecular weight is 285 g/mol. The van der Waals surface area contributed by atoms with E-state index >= 15 is 0 Å². The van der Waals surface area contributed by atoms with E-state index in [1.807, 2.05) is 24.3 Å². The van der Waals surface area contributed by atoms with Crippen molar-refractivity contribution in [2.45, 2.75) is 26.3 Å². The first kappa shape index (κ1) is 13.8. The first-order chi connectivity index (χ1) is 10.4. The van der Waals surface area contributed by atoms with Crippen LogP contribution in [0.1, 0.15) is 24.6 Å². The van der Waals surface area contributed by atoms with E-state index in [2.05, 4.69) is 22.2 Å². The lowest BCUT2D eigenvalue weighted by Crippen LogP contribution is -2.25. The standard InChI is InChI=1S/C16H19N3O2/c1-2-9-20-12-3-5-13(6-4-12)21-16-14-10-17-8-7-15(14)18-11-19-16/h3-6,11,17H,2,7-10H2,1H3. The highest BCUT2D eigenvalue weighted by atomic mass is 16.5. The minimum Gasteiger partial charge on any atom is -0.494 e. The lowest BCUT2D eigenvalue weighted by molar-refractivity contribution is 0.317. The van der Waals surface area contributed by atoms with Crippen molar-refractivity contribution in [1.29, 1.82) is 0 Å². The minimum atomic E-state index is 0.634. The zero-order chi connectivity index (χ0) is 14.5. The second-order valence-electron chi connectivity index (χ2n) is 4.95. The maximum atomic E-state index is 5.89. The van der Waals surface area contributed by atoms with Gasteiger partial charge in [0.1, 0.15) is 17.8 Å². The molecule has 2 heterocycles. The summed E-state index contributed by atoms with van der Waals surface area (Å²) in [5.41, 5.74) is 2.12. The fraction of sp³-hybridized carbons (Fsp3) is 0.375. The minimum absolute atomic E-state index is 0.634.